The lowest BCUT2D eigenvalue weighted by molar-refractivity contribution is 0.0939. The van der Waals surface area contributed by atoms with Crippen molar-refractivity contribution in [3.05, 3.63) is 54.1 Å². The van der Waals surface area contributed by atoms with Gasteiger partial charge in [0.15, 0.2) is 16.6 Å². The fourth-order valence-electron chi connectivity index (χ4n) is 2.37. The van der Waals surface area contributed by atoms with E-state index in [4.69, 9.17) is 21.7 Å². The Bertz CT molecular complexity index is 673. The maximum absolute atomic E-state index is 5.89. The van der Waals surface area contributed by atoms with E-state index < -0.39 is 0 Å². The van der Waals surface area contributed by atoms with Crippen LogP contribution in [0.2, 0.25) is 0 Å². The van der Waals surface area contributed by atoms with Crippen molar-refractivity contribution in [2.45, 2.75) is 19.4 Å². The molecule has 1 unspecified atom stereocenters. The third kappa shape index (κ3) is 4.13. The minimum atomic E-state index is -0.0629. The normalized spacial score (nSPS) is 15.8. The van der Waals surface area contributed by atoms with Gasteiger partial charge in [-0.05, 0) is 48.5 Å². The van der Waals surface area contributed by atoms with Crippen molar-refractivity contribution in [3.63, 3.8) is 0 Å². The molecule has 1 heterocycles. The molecule has 2 N–H and O–H groups in total. The third-order valence-electron chi connectivity index (χ3n) is 3.68. The SMILES string of the molecule is CCc1ccc(NC(=S)NCC2COc3ccccc3O2)cc1. The van der Waals surface area contributed by atoms with Crippen molar-refractivity contribution in [1.29, 1.82) is 0 Å². The molecule has 0 aliphatic carbocycles. The first kappa shape index (κ1) is 15.6. The van der Waals surface area contributed by atoms with Crippen molar-refractivity contribution in [3.8, 4) is 11.5 Å². The van der Waals surface area contributed by atoms with Gasteiger partial charge in [-0.3, -0.25) is 0 Å². The zero-order valence-electron chi connectivity index (χ0n) is 13.0. The van der Waals surface area contributed by atoms with Crippen LogP contribution in [0.3, 0.4) is 0 Å². The molecular formula is C18H20N2O2S. The smallest absolute Gasteiger partial charge is 0.170 e. The summed E-state index contributed by atoms with van der Waals surface area (Å²) >= 11 is 5.32. The summed E-state index contributed by atoms with van der Waals surface area (Å²) in [7, 11) is 0. The molecule has 0 saturated heterocycles. The number of aryl methyl sites for hydroxylation is 1. The van der Waals surface area contributed by atoms with Crippen LogP contribution in [-0.4, -0.2) is 24.4 Å². The lowest BCUT2D eigenvalue weighted by Gasteiger charge is -2.27. The fourth-order valence-corrected chi connectivity index (χ4v) is 2.57. The van der Waals surface area contributed by atoms with Crippen molar-refractivity contribution in [1.82, 2.24) is 5.32 Å². The Balaban J connectivity index is 1.47. The Kier molecular flexibility index (Phi) is 4.98. The average Bonchev–Trinajstić information content (AvgIpc) is 2.60. The largest absolute Gasteiger partial charge is 0.486 e. The minimum absolute atomic E-state index is 0.0629. The first-order valence-corrected chi connectivity index (χ1v) is 8.17. The number of rotatable bonds is 4. The second kappa shape index (κ2) is 7.33. The van der Waals surface area contributed by atoms with Gasteiger partial charge in [0, 0.05) is 5.69 Å². The zero-order valence-corrected chi connectivity index (χ0v) is 13.9. The van der Waals surface area contributed by atoms with E-state index in [-0.39, 0.29) is 6.10 Å². The molecule has 120 valence electrons. The number of fused-ring (bicyclic) bond motifs is 1. The quantitative estimate of drug-likeness (QED) is 0.842. The molecule has 0 fully saturated rings. The second-order valence-electron chi connectivity index (χ2n) is 5.38. The molecule has 0 amide bonds. The molecule has 3 rings (SSSR count). The molecule has 0 radical (unpaired) electrons. The van der Waals surface area contributed by atoms with Crippen molar-refractivity contribution < 1.29 is 9.47 Å². The van der Waals surface area contributed by atoms with Gasteiger partial charge in [-0.1, -0.05) is 31.2 Å². The van der Waals surface area contributed by atoms with Crippen LogP contribution in [0.4, 0.5) is 5.69 Å². The van der Waals surface area contributed by atoms with Gasteiger partial charge in [0.1, 0.15) is 12.7 Å². The average molecular weight is 328 g/mol. The standard InChI is InChI=1S/C18H20N2O2S/c1-2-13-7-9-14(10-8-13)20-18(23)19-11-15-12-21-16-5-3-4-6-17(16)22-15/h3-10,15H,2,11-12H2,1H3,(H2,19,20,23). The van der Waals surface area contributed by atoms with Crippen LogP contribution in [0, 0.1) is 0 Å². The highest BCUT2D eigenvalue weighted by atomic mass is 32.1. The van der Waals surface area contributed by atoms with Gasteiger partial charge >= 0.3 is 0 Å². The van der Waals surface area contributed by atoms with Crippen LogP contribution < -0.4 is 20.1 Å². The molecule has 4 nitrogen and oxygen atoms in total. The summed E-state index contributed by atoms with van der Waals surface area (Å²) in [4.78, 5) is 0. The van der Waals surface area contributed by atoms with Gasteiger partial charge in [-0.25, -0.2) is 0 Å². The van der Waals surface area contributed by atoms with E-state index in [1.165, 1.54) is 5.56 Å². The molecule has 1 atom stereocenters. The third-order valence-corrected chi connectivity index (χ3v) is 3.92. The van der Waals surface area contributed by atoms with Crippen LogP contribution in [0.15, 0.2) is 48.5 Å². The second-order valence-corrected chi connectivity index (χ2v) is 5.79. The molecule has 2 aromatic carbocycles. The Morgan fingerprint density at radius 3 is 2.61 bits per heavy atom. The van der Waals surface area contributed by atoms with Crippen LogP contribution in [0.1, 0.15) is 12.5 Å². The molecular weight excluding hydrogens is 308 g/mol. The maximum atomic E-state index is 5.89. The Labute approximate surface area is 141 Å². The number of hydrogen-bond donors (Lipinski definition) is 2. The highest BCUT2D eigenvalue weighted by Gasteiger charge is 2.20. The number of anilines is 1. The number of ether oxygens (including phenoxy) is 2. The van der Waals surface area contributed by atoms with Gasteiger partial charge in [0.2, 0.25) is 0 Å². The first-order valence-electron chi connectivity index (χ1n) is 7.77. The molecule has 0 spiro atoms. The summed E-state index contributed by atoms with van der Waals surface area (Å²) in [6, 6.07) is 15.9. The van der Waals surface area contributed by atoms with E-state index in [9.17, 15) is 0 Å². The number of para-hydroxylation sites is 2. The molecule has 5 heteroatoms. The van der Waals surface area contributed by atoms with E-state index in [1.807, 2.05) is 36.4 Å². The van der Waals surface area contributed by atoms with E-state index in [1.54, 1.807) is 0 Å². The molecule has 23 heavy (non-hydrogen) atoms. The summed E-state index contributed by atoms with van der Waals surface area (Å²) in [5.74, 6) is 1.57. The summed E-state index contributed by atoms with van der Waals surface area (Å²) in [6.07, 6.45) is 0.968. The summed E-state index contributed by atoms with van der Waals surface area (Å²) in [6.45, 7) is 3.24. The Hall–Kier alpha value is -2.27. The number of benzene rings is 2. The van der Waals surface area contributed by atoms with Crippen molar-refractivity contribution >= 4 is 23.0 Å². The van der Waals surface area contributed by atoms with E-state index >= 15 is 0 Å². The lowest BCUT2D eigenvalue weighted by Crippen LogP contribution is -2.42. The number of hydrogen-bond acceptors (Lipinski definition) is 3. The summed E-state index contributed by atoms with van der Waals surface area (Å²) < 4.78 is 11.6. The number of nitrogens with one attached hydrogen (secondary N) is 2. The molecule has 0 bridgehead atoms. The predicted octanol–water partition coefficient (Wildman–Crippen LogP) is 3.38. The molecule has 1 aliphatic heterocycles. The van der Waals surface area contributed by atoms with Gasteiger partial charge in [0.25, 0.3) is 0 Å². The van der Waals surface area contributed by atoms with Crippen molar-refractivity contribution in [2.75, 3.05) is 18.5 Å². The molecule has 0 saturated carbocycles. The lowest BCUT2D eigenvalue weighted by atomic mass is 10.1. The van der Waals surface area contributed by atoms with E-state index in [0.717, 1.165) is 23.6 Å². The molecule has 1 aliphatic rings. The highest BCUT2D eigenvalue weighted by molar-refractivity contribution is 7.80. The number of thiocarbonyl (C=S) groups is 1. The monoisotopic (exact) mass is 328 g/mol. The summed E-state index contributed by atoms with van der Waals surface area (Å²) in [5, 5.41) is 6.93. The van der Waals surface area contributed by atoms with Gasteiger partial charge in [0.05, 0.1) is 6.54 Å². The van der Waals surface area contributed by atoms with Crippen LogP contribution in [0.5, 0.6) is 11.5 Å². The van der Waals surface area contributed by atoms with Gasteiger partial charge in [-0.15, -0.1) is 0 Å². The molecule has 2 aromatic rings. The van der Waals surface area contributed by atoms with Crippen LogP contribution >= 0.6 is 12.2 Å². The highest BCUT2D eigenvalue weighted by Crippen LogP contribution is 2.30. The molecule has 0 aromatic heterocycles. The maximum Gasteiger partial charge on any atom is 0.170 e. The minimum Gasteiger partial charge on any atom is -0.486 e. The Morgan fingerprint density at radius 1 is 1.13 bits per heavy atom. The van der Waals surface area contributed by atoms with Crippen molar-refractivity contribution in [2.24, 2.45) is 0 Å². The van der Waals surface area contributed by atoms with E-state index in [0.29, 0.717) is 18.3 Å². The Morgan fingerprint density at radius 2 is 1.87 bits per heavy atom. The van der Waals surface area contributed by atoms with Crippen LogP contribution in [-0.2, 0) is 6.42 Å². The van der Waals surface area contributed by atoms with Gasteiger partial charge in [-0.2, -0.15) is 0 Å². The summed E-state index contributed by atoms with van der Waals surface area (Å²) in [5.41, 5.74) is 2.28. The van der Waals surface area contributed by atoms with Gasteiger partial charge < -0.3 is 20.1 Å². The topological polar surface area (TPSA) is 42.5 Å². The first-order chi connectivity index (χ1) is 11.2. The fraction of sp³-hybridized carbons (Fsp3) is 0.278. The van der Waals surface area contributed by atoms with E-state index in [2.05, 4.69) is 29.7 Å². The predicted molar refractivity (Wildman–Crippen MR) is 96.4 cm³/mol. The van der Waals surface area contributed by atoms with Crippen LogP contribution in [0.25, 0.3) is 0 Å². The zero-order chi connectivity index (χ0) is 16.1.